The van der Waals surface area contributed by atoms with Gasteiger partial charge in [0, 0.05) is 16.5 Å². The van der Waals surface area contributed by atoms with Gasteiger partial charge < -0.3 is 10.6 Å². The Balaban J connectivity index is 0.000000313. The van der Waals surface area contributed by atoms with E-state index in [4.69, 9.17) is 46.4 Å². The Kier molecular flexibility index (Phi) is 8.58. The van der Waals surface area contributed by atoms with Gasteiger partial charge in [0.15, 0.2) is 5.82 Å². The summed E-state index contributed by atoms with van der Waals surface area (Å²) in [5.41, 5.74) is 0.0235. The summed E-state index contributed by atoms with van der Waals surface area (Å²) in [6, 6.07) is 11.5. The lowest BCUT2D eigenvalue weighted by atomic mass is 10.2. The Bertz CT molecular complexity index is 875. The zero-order chi connectivity index (χ0) is 21.6. The van der Waals surface area contributed by atoms with Crippen molar-refractivity contribution in [2.75, 3.05) is 10.6 Å². The van der Waals surface area contributed by atoms with E-state index in [1.807, 2.05) is 13.0 Å². The van der Waals surface area contributed by atoms with Crippen LogP contribution in [-0.2, 0) is 9.59 Å². The predicted molar refractivity (Wildman–Crippen MR) is 118 cm³/mol. The molecule has 2 aromatic rings. The number of carbonyl (C=O) groups is 2. The van der Waals surface area contributed by atoms with Crippen molar-refractivity contribution < 1.29 is 14.0 Å². The minimum Gasteiger partial charge on any atom is -0.324 e. The van der Waals surface area contributed by atoms with Gasteiger partial charge in [-0.15, -0.1) is 23.2 Å². The molecule has 2 aromatic carbocycles. The second-order valence-electron chi connectivity index (χ2n) is 6.41. The summed E-state index contributed by atoms with van der Waals surface area (Å²) in [4.78, 5) is 23.3. The molecular weight excluding hydrogens is 461 g/mol. The second kappa shape index (κ2) is 10.5. The van der Waals surface area contributed by atoms with Crippen LogP contribution in [0.2, 0.25) is 10.0 Å². The van der Waals surface area contributed by atoms with Gasteiger partial charge in [-0.25, -0.2) is 4.39 Å². The van der Waals surface area contributed by atoms with Crippen LogP contribution in [-0.4, -0.2) is 16.1 Å². The number of hydrogen-bond donors (Lipinski definition) is 2. The topological polar surface area (TPSA) is 58.2 Å². The number of hydrogen-bond acceptors (Lipinski definition) is 2. The maximum Gasteiger partial charge on any atom is 0.230 e. The lowest BCUT2D eigenvalue weighted by Gasteiger charge is -2.11. The molecule has 2 N–H and O–H groups in total. The standard InChI is InChI=1S/C14H15Cl2FN2O2.C6H4Cl2/c1-2-4-11(20)18-9-5-3-6-10(12(9)17)19-13(21)8-7-14(8,15)16;7-5-2-1-3-6(8)4-5/h3,5-6,8H,2,4,7H2,1H3,(H,18,20)(H,19,21);1-4H. The molecule has 29 heavy (non-hydrogen) atoms. The number of carbonyl (C=O) groups excluding carboxylic acids is 2. The van der Waals surface area contributed by atoms with Gasteiger partial charge in [0.2, 0.25) is 11.8 Å². The molecule has 0 bridgehead atoms. The number of nitrogens with one attached hydrogen (secondary N) is 2. The number of amides is 2. The van der Waals surface area contributed by atoms with Crippen LogP contribution in [0, 0.1) is 11.7 Å². The normalized spacial score (nSPS) is 16.3. The van der Waals surface area contributed by atoms with Gasteiger partial charge in [-0.05, 0) is 43.2 Å². The SMILES string of the molecule is CCCC(=O)Nc1cccc(NC(=O)C2CC2(Cl)Cl)c1F.Clc1cccc(Cl)c1. The van der Waals surface area contributed by atoms with Crippen molar-refractivity contribution in [1.82, 2.24) is 0 Å². The molecule has 0 aliphatic heterocycles. The molecule has 1 saturated carbocycles. The van der Waals surface area contributed by atoms with Gasteiger partial charge in [0.1, 0.15) is 4.33 Å². The molecule has 0 spiro atoms. The van der Waals surface area contributed by atoms with Crippen molar-refractivity contribution in [2.45, 2.75) is 30.5 Å². The molecule has 1 atom stereocenters. The highest BCUT2D eigenvalue weighted by molar-refractivity contribution is 6.52. The van der Waals surface area contributed by atoms with Gasteiger partial charge in [0.25, 0.3) is 0 Å². The largest absolute Gasteiger partial charge is 0.324 e. The first-order valence-corrected chi connectivity index (χ1v) is 10.3. The number of alkyl halides is 2. The first kappa shape index (κ1) is 23.7. The highest BCUT2D eigenvalue weighted by atomic mass is 35.5. The van der Waals surface area contributed by atoms with Crippen LogP contribution in [0.25, 0.3) is 0 Å². The predicted octanol–water partition coefficient (Wildman–Crippen LogP) is 6.69. The van der Waals surface area contributed by atoms with Gasteiger partial charge in [-0.3, -0.25) is 9.59 Å². The molecular formula is C20H19Cl4FN2O2. The molecule has 1 unspecified atom stereocenters. The minimum atomic E-state index is -1.06. The molecule has 3 rings (SSSR count). The van der Waals surface area contributed by atoms with E-state index in [0.717, 1.165) is 0 Å². The average molecular weight is 480 g/mol. The van der Waals surface area contributed by atoms with Crippen molar-refractivity contribution in [3.8, 4) is 0 Å². The fourth-order valence-electron chi connectivity index (χ4n) is 2.34. The third kappa shape index (κ3) is 7.34. The fraction of sp³-hybridized carbons (Fsp3) is 0.300. The van der Waals surface area contributed by atoms with E-state index in [1.165, 1.54) is 12.1 Å². The van der Waals surface area contributed by atoms with Crippen molar-refractivity contribution >= 4 is 69.6 Å². The molecule has 1 fully saturated rings. The van der Waals surface area contributed by atoms with Crippen LogP contribution in [0.3, 0.4) is 0 Å². The Morgan fingerprint density at radius 2 is 1.59 bits per heavy atom. The maximum atomic E-state index is 14.2. The lowest BCUT2D eigenvalue weighted by Crippen LogP contribution is -2.18. The van der Waals surface area contributed by atoms with Gasteiger partial charge in [0.05, 0.1) is 17.3 Å². The van der Waals surface area contributed by atoms with Crippen LogP contribution >= 0.6 is 46.4 Å². The van der Waals surface area contributed by atoms with E-state index in [0.29, 0.717) is 29.3 Å². The van der Waals surface area contributed by atoms with Crippen molar-refractivity contribution in [2.24, 2.45) is 5.92 Å². The average Bonchev–Trinajstić information content (AvgIpc) is 3.27. The highest BCUT2D eigenvalue weighted by Gasteiger charge is 2.56. The quantitative estimate of drug-likeness (QED) is 0.469. The third-order valence-corrected chi connectivity index (χ3v) is 5.24. The molecule has 0 radical (unpaired) electrons. The van der Waals surface area contributed by atoms with Crippen LogP contribution in [0.4, 0.5) is 15.8 Å². The summed E-state index contributed by atoms with van der Waals surface area (Å²) >= 11 is 22.7. The first-order chi connectivity index (χ1) is 13.6. The summed E-state index contributed by atoms with van der Waals surface area (Å²) in [5.74, 6) is -1.94. The number of benzene rings is 2. The van der Waals surface area contributed by atoms with Gasteiger partial charge in [-0.2, -0.15) is 0 Å². The number of halogens is 5. The molecule has 0 saturated heterocycles. The summed E-state index contributed by atoms with van der Waals surface area (Å²) in [5, 5.41) is 6.26. The Morgan fingerprint density at radius 3 is 2.03 bits per heavy atom. The molecule has 156 valence electrons. The molecule has 1 aliphatic carbocycles. The van der Waals surface area contributed by atoms with Crippen molar-refractivity contribution in [3.63, 3.8) is 0 Å². The van der Waals surface area contributed by atoms with Gasteiger partial charge >= 0.3 is 0 Å². The van der Waals surface area contributed by atoms with E-state index in [-0.39, 0.29) is 17.3 Å². The lowest BCUT2D eigenvalue weighted by molar-refractivity contribution is -0.117. The smallest absolute Gasteiger partial charge is 0.230 e. The summed E-state index contributed by atoms with van der Waals surface area (Å²) < 4.78 is 13.2. The Hall–Kier alpha value is -1.53. The Morgan fingerprint density at radius 1 is 1.07 bits per heavy atom. The first-order valence-electron chi connectivity index (χ1n) is 8.82. The third-order valence-electron chi connectivity index (χ3n) is 3.94. The number of anilines is 2. The van der Waals surface area contributed by atoms with E-state index in [2.05, 4.69) is 10.6 Å². The summed E-state index contributed by atoms with van der Waals surface area (Å²) in [7, 11) is 0. The monoisotopic (exact) mass is 478 g/mol. The zero-order valence-corrected chi connectivity index (χ0v) is 18.5. The Labute approximate surface area is 188 Å². The highest BCUT2D eigenvalue weighted by Crippen LogP contribution is 2.53. The van der Waals surface area contributed by atoms with Crippen LogP contribution in [0.15, 0.2) is 42.5 Å². The fourth-order valence-corrected chi connectivity index (χ4v) is 3.29. The maximum absolute atomic E-state index is 14.2. The van der Waals surface area contributed by atoms with E-state index in [1.54, 1.807) is 24.3 Å². The molecule has 2 amide bonds. The molecule has 9 heteroatoms. The van der Waals surface area contributed by atoms with Crippen LogP contribution in [0.5, 0.6) is 0 Å². The summed E-state index contributed by atoms with van der Waals surface area (Å²) in [6.45, 7) is 1.85. The minimum absolute atomic E-state index is 0.00895. The van der Waals surface area contributed by atoms with Crippen LogP contribution in [0.1, 0.15) is 26.2 Å². The molecule has 0 aromatic heterocycles. The second-order valence-corrected chi connectivity index (χ2v) is 8.83. The van der Waals surface area contributed by atoms with Crippen molar-refractivity contribution in [3.05, 3.63) is 58.3 Å². The van der Waals surface area contributed by atoms with Crippen LogP contribution < -0.4 is 10.6 Å². The van der Waals surface area contributed by atoms with E-state index in [9.17, 15) is 14.0 Å². The van der Waals surface area contributed by atoms with Crippen molar-refractivity contribution in [1.29, 1.82) is 0 Å². The van der Waals surface area contributed by atoms with E-state index >= 15 is 0 Å². The zero-order valence-electron chi connectivity index (χ0n) is 15.4. The van der Waals surface area contributed by atoms with Gasteiger partial charge in [-0.1, -0.05) is 42.3 Å². The van der Waals surface area contributed by atoms with E-state index < -0.39 is 22.0 Å². The molecule has 0 heterocycles. The molecule has 1 aliphatic rings. The molecule has 4 nitrogen and oxygen atoms in total. The number of rotatable bonds is 5. The summed E-state index contributed by atoms with van der Waals surface area (Å²) in [6.07, 6.45) is 1.31.